The van der Waals surface area contributed by atoms with E-state index < -0.39 is 20.8 Å². The molecule has 104 valence electrons. The lowest BCUT2D eigenvalue weighted by atomic mass is 10.2. The average molecular weight is 321 g/mol. The van der Waals surface area contributed by atoms with E-state index in [0.717, 1.165) is 0 Å². The van der Waals surface area contributed by atoms with Gasteiger partial charge in [-0.2, -0.15) is 5.26 Å². The van der Waals surface area contributed by atoms with Gasteiger partial charge in [0.25, 0.3) is 0 Å². The second kappa shape index (κ2) is 7.01. The maximum Gasteiger partial charge on any atom is 0.240 e. The van der Waals surface area contributed by atoms with Gasteiger partial charge in [0.15, 0.2) is 0 Å². The van der Waals surface area contributed by atoms with Crippen LogP contribution in [0, 0.1) is 11.3 Å². The number of sulfonamides is 1. The summed E-state index contributed by atoms with van der Waals surface area (Å²) in [4.78, 5) is -0.0150. The molecule has 8 heteroatoms. The number of nitriles is 1. The smallest absolute Gasteiger partial charge is 0.240 e. The van der Waals surface area contributed by atoms with Gasteiger partial charge in [-0.25, -0.2) is 13.1 Å². The summed E-state index contributed by atoms with van der Waals surface area (Å²) in [6.07, 6.45) is 0. The summed E-state index contributed by atoms with van der Waals surface area (Å²) in [6, 6.07) is 5.73. The van der Waals surface area contributed by atoms with Gasteiger partial charge in [0.2, 0.25) is 10.0 Å². The zero-order chi connectivity index (χ0) is 14.5. The van der Waals surface area contributed by atoms with Gasteiger partial charge in [-0.3, -0.25) is 4.21 Å². The number of hydrogen-bond acceptors (Lipinski definition) is 4. The first-order chi connectivity index (χ1) is 8.90. The Kier molecular flexibility index (Phi) is 5.94. The predicted octanol–water partition coefficient (Wildman–Crippen LogP) is 1.26. The van der Waals surface area contributed by atoms with Gasteiger partial charge in [-0.05, 0) is 18.2 Å². The molecule has 1 aromatic rings. The van der Waals surface area contributed by atoms with Gasteiger partial charge in [0.05, 0.1) is 15.5 Å². The molecule has 1 aromatic carbocycles. The van der Waals surface area contributed by atoms with Gasteiger partial charge in [0.1, 0.15) is 6.07 Å². The van der Waals surface area contributed by atoms with E-state index in [9.17, 15) is 12.6 Å². The first kappa shape index (κ1) is 16.1. The van der Waals surface area contributed by atoms with Crippen molar-refractivity contribution in [2.45, 2.75) is 11.8 Å². The van der Waals surface area contributed by atoms with Crippen molar-refractivity contribution in [3.8, 4) is 6.07 Å². The summed E-state index contributed by atoms with van der Waals surface area (Å²) in [7, 11) is -4.71. The second-order valence-corrected chi connectivity index (χ2v) is 7.62. The molecule has 1 atom stereocenters. The van der Waals surface area contributed by atoms with E-state index in [1.165, 1.54) is 18.2 Å². The van der Waals surface area contributed by atoms with E-state index in [2.05, 4.69) is 4.72 Å². The molecule has 0 spiro atoms. The van der Waals surface area contributed by atoms with Gasteiger partial charge >= 0.3 is 0 Å². The van der Waals surface area contributed by atoms with Crippen molar-refractivity contribution in [2.75, 3.05) is 18.1 Å². The van der Waals surface area contributed by atoms with Crippen molar-refractivity contribution in [1.82, 2.24) is 4.72 Å². The maximum absolute atomic E-state index is 11.9. The SMILES string of the molecule is CCS(=O)CCNS(=O)(=O)c1ccc(C#N)c(Cl)c1. The molecule has 1 N–H and O–H groups in total. The molecule has 1 unspecified atom stereocenters. The fourth-order valence-electron chi connectivity index (χ4n) is 1.27. The second-order valence-electron chi connectivity index (χ2n) is 3.58. The third kappa shape index (κ3) is 4.58. The van der Waals surface area contributed by atoms with Crippen LogP contribution in [0.15, 0.2) is 23.1 Å². The van der Waals surface area contributed by atoms with E-state index in [1.807, 2.05) is 6.07 Å². The fraction of sp³-hybridized carbons (Fsp3) is 0.364. The van der Waals surface area contributed by atoms with Crippen LogP contribution in [0.25, 0.3) is 0 Å². The Hall–Kier alpha value is -0.940. The Balaban J connectivity index is 2.81. The number of halogens is 1. The van der Waals surface area contributed by atoms with Crippen molar-refractivity contribution in [1.29, 1.82) is 5.26 Å². The standard InChI is InChI=1S/C11H13ClN2O3S2/c1-2-18(15)6-5-14-19(16,17)10-4-3-9(8-13)11(12)7-10/h3-4,7,14H,2,5-6H2,1H3. The first-order valence-electron chi connectivity index (χ1n) is 5.45. The van der Waals surface area contributed by atoms with Crippen molar-refractivity contribution in [3.63, 3.8) is 0 Å². The minimum Gasteiger partial charge on any atom is -0.260 e. The van der Waals surface area contributed by atoms with Crippen LogP contribution in [0.1, 0.15) is 12.5 Å². The molecular weight excluding hydrogens is 308 g/mol. The highest BCUT2D eigenvalue weighted by Gasteiger charge is 2.15. The monoisotopic (exact) mass is 320 g/mol. The molecule has 0 amide bonds. The number of rotatable bonds is 6. The van der Waals surface area contributed by atoms with Gasteiger partial charge < -0.3 is 0 Å². The Morgan fingerprint density at radius 3 is 2.68 bits per heavy atom. The lowest BCUT2D eigenvalue weighted by molar-refractivity contribution is 0.584. The van der Waals surface area contributed by atoms with E-state index in [-0.39, 0.29) is 27.8 Å². The molecule has 0 heterocycles. The third-order valence-electron chi connectivity index (χ3n) is 2.32. The van der Waals surface area contributed by atoms with E-state index in [0.29, 0.717) is 5.75 Å². The largest absolute Gasteiger partial charge is 0.260 e. The van der Waals surface area contributed by atoms with Crippen LogP contribution < -0.4 is 4.72 Å². The molecule has 0 aliphatic carbocycles. The zero-order valence-electron chi connectivity index (χ0n) is 10.2. The van der Waals surface area contributed by atoms with Crippen LogP contribution in [0.5, 0.6) is 0 Å². The molecular formula is C11H13ClN2O3S2. The van der Waals surface area contributed by atoms with Gasteiger partial charge in [0, 0.05) is 28.9 Å². The summed E-state index contributed by atoms with van der Waals surface area (Å²) in [6.45, 7) is 1.87. The number of hydrogen-bond donors (Lipinski definition) is 1. The highest BCUT2D eigenvalue weighted by Crippen LogP contribution is 2.19. The van der Waals surface area contributed by atoms with Crippen LogP contribution in [0.2, 0.25) is 5.02 Å². The number of nitrogens with one attached hydrogen (secondary N) is 1. The Labute approximate surface area is 120 Å². The maximum atomic E-state index is 11.9. The van der Waals surface area contributed by atoms with E-state index in [1.54, 1.807) is 6.92 Å². The van der Waals surface area contributed by atoms with Crippen molar-refractivity contribution >= 4 is 32.4 Å². The summed E-state index contributed by atoms with van der Waals surface area (Å²) in [5.74, 6) is 0.754. The summed E-state index contributed by atoms with van der Waals surface area (Å²) in [5.41, 5.74) is 0.215. The van der Waals surface area contributed by atoms with Crippen LogP contribution in [-0.2, 0) is 20.8 Å². The van der Waals surface area contributed by atoms with Crippen LogP contribution >= 0.6 is 11.6 Å². The van der Waals surface area contributed by atoms with E-state index >= 15 is 0 Å². The lowest BCUT2D eigenvalue weighted by Gasteiger charge is -2.07. The molecule has 0 bridgehead atoms. The lowest BCUT2D eigenvalue weighted by Crippen LogP contribution is -2.28. The molecule has 5 nitrogen and oxygen atoms in total. The molecule has 0 fully saturated rings. The highest BCUT2D eigenvalue weighted by atomic mass is 35.5. The summed E-state index contributed by atoms with van der Waals surface area (Å²) in [5, 5.41) is 8.79. The fourth-order valence-corrected chi connectivity index (χ4v) is 3.36. The first-order valence-corrected chi connectivity index (χ1v) is 8.80. The molecule has 0 aromatic heterocycles. The number of nitrogens with zero attached hydrogens (tertiary/aromatic N) is 1. The molecule has 19 heavy (non-hydrogen) atoms. The quantitative estimate of drug-likeness (QED) is 0.854. The average Bonchev–Trinajstić information content (AvgIpc) is 2.38. The molecule has 0 aliphatic rings. The predicted molar refractivity (Wildman–Crippen MR) is 74.9 cm³/mol. The topological polar surface area (TPSA) is 87.0 Å². The van der Waals surface area contributed by atoms with Crippen LogP contribution in [0.4, 0.5) is 0 Å². The molecule has 0 saturated heterocycles. The van der Waals surface area contributed by atoms with E-state index in [4.69, 9.17) is 16.9 Å². The Morgan fingerprint density at radius 2 is 2.16 bits per heavy atom. The molecule has 0 aliphatic heterocycles. The molecule has 0 radical (unpaired) electrons. The summed E-state index contributed by atoms with van der Waals surface area (Å²) < 4.78 is 37.3. The van der Waals surface area contributed by atoms with Crippen molar-refractivity contribution < 1.29 is 12.6 Å². The minimum absolute atomic E-state index is 0.0150. The normalized spacial score (nSPS) is 12.9. The van der Waals surface area contributed by atoms with Crippen LogP contribution in [-0.4, -0.2) is 30.7 Å². The summed E-state index contributed by atoms with van der Waals surface area (Å²) >= 11 is 5.78. The van der Waals surface area contributed by atoms with Gasteiger partial charge in [-0.1, -0.05) is 18.5 Å². The molecule has 1 rings (SSSR count). The molecule has 0 saturated carbocycles. The van der Waals surface area contributed by atoms with Crippen molar-refractivity contribution in [2.24, 2.45) is 0 Å². The minimum atomic E-state index is -3.69. The van der Waals surface area contributed by atoms with Gasteiger partial charge in [-0.15, -0.1) is 0 Å². The third-order valence-corrected chi connectivity index (χ3v) is 5.39. The Bertz CT molecular complexity index is 623. The zero-order valence-corrected chi connectivity index (χ0v) is 12.6. The van der Waals surface area contributed by atoms with Crippen molar-refractivity contribution in [3.05, 3.63) is 28.8 Å². The Morgan fingerprint density at radius 1 is 1.47 bits per heavy atom. The van der Waals surface area contributed by atoms with Crippen LogP contribution in [0.3, 0.4) is 0 Å². The highest BCUT2D eigenvalue weighted by molar-refractivity contribution is 7.89. The number of benzene rings is 1.